The highest BCUT2D eigenvalue weighted by Gasteiger charge is 2.13. The monoisotopic (exact) mass is 247 g/mol. The topological polar surface area (TPSA) is 35.2 Å². The molecule has 0 aliphatic heterocycles. The number of hydrogen-bond acceptors (Lipinski definition) is 3. The summed E-state index contributed by atoms with van der Waals surface area (Å²) >= 11 is 1.73. The lowest BCUT2D eigenvalue weighted by Crippen LogP contribution is -2.12. The Labute approximate surface area is 106 Å². The van der Waals surface area contributed by atoms with Crippen LogP contribution in [-0.4, -0.2) is 7.11 Å². The molecule has 2 rings (SSSR count). The molecule has 0 fully saturated rings. The van der Waals surface area contributed by atoms with Gasteiger partial charge in [-0.15, -0.1) is 11.3 Å². The predicted molar refractivity (Wildman–Crippen MR) is 72.8 cm³/mol. The molecule has 0 amide bonds. The minimum atomic E-state index is -0.0734. The Morgan fingerprint density at radius 1 is 1.24 bits per heavy atom. The maximum absolute atomic E-state index is 6.29. The smallest absolute Gasteiger partial charge is 0.122 e. The molecule has 0 saturated heterocycles. The van der Waals surface area contributed by atoms with E-state index >= 15 is 0 Å². The molecule has 1 atom stereocenters. The van der Waals surface area contributed by atoms with Gasteiger partial charge in [0, 0.05) is 4.88 Å². The SMILES string of the molecule is COc1cc(C(N)c2ccsc2C)ccc1C. The van der Waals surface area contributed by atoms with Gasteiger partial charge in [0.15, 0.2) is 0 Å². The number of aryl methyl sites for hydroxylation is 2. The molecule has 1 aromatic carbocycles. The quantitative estimate of drug-likeness (QED) is 0.902. The van der Waals surface area contributed by atoms with Gasteiger partial charge in [0.1, 0.15) is 5.75 Å². The molecule has 1 aromatic heterocycles. The van der Waals surface area contributed by atoms with Crippen LogP contribution >= 0.6 is 11.3 Å². The van der Waals surface area contributed by atoms with Gasteiger partial charge in [-0.1, -0.05) is 12.1 Å². The Kier molecular flexibility index (Phi) is 3.50. The van der Waals surface area contributed by atoms with Crippen LogP contribution in [0, 0.1) is 13.8 Å². The molecular weight excluding hydrogens is 230 g/mol. The molecule has 2 N–H and O–H groups in total. The van der Waals surface area contributed by atoms with Crippen LogP contribution in [0.1, 0.15) is 27.6 Å². The van der Waals surface area contributed by atoms with Gasteiger partial charge in [-0.05, 0) is 48.1 Å². The summed E-state index contributed by atoms with van der Waals surface area (Å²) < 4.78 is 5.33. The van der Waals surface area contributed by atoms with Crippen molar-refractivity contribution in [3.05, 3.63) is 51.2 Å². The number of benzene rings is 1. The summed E-state index contributed by atoms with van der Waals surface area (Å²) in [6, 6.07) is 8.17. The van der Waals surface area contributed by atoms with E-state index in [9.17, 15) is 0 Å². The van der Waals surface area contributed by atoms with E-state index in [1.807, 2.05) is 13.0 Å². The Bertz CT molecular complexity index is 519. The average Bonchev–Trinajstić information content (AvgIpc) is 2.75. The Hall–Kier alpha value is -1.32. The molecule has 0 aliphatic rings. The minimum Gasteiger partial charge on any atom is -0.496 e. The molecule has 0 radical (unpaired) electrons. The van der Waals surface area contributed by atoms with Gasteiger partial charge in [-0.25, -0.2) is 0 Å². The highest BCUT2D eigenvalue weighted by molar-refractivity contribution is 7.10. The van der Waals surface area contributed by atoms with Crippen molar-refractivity contribution < 1.29 is 4.74 Å². The summed E-state index contributed by atoms with van der Waals surface area (Å²) in [6.07, 6.45) is 0. The van der Waals surface area contributed by atoms with Gasteiger partial charge in [0.25, 0.3) is 0 Å². The highest BCUT2D eigenvalue weighted by atomic mass is 32.1. The predicted octanol–water partition coefficient (Wildman–Crippen LogP) is 3.42. The maximum atomic E-state index is 6.29. The highest BCUT2D eigenvalue weighted by Crippen LogP contribution is 2.29. The van der Waals surface area contributed by atoms with E-state index in [1.54, 1.807) is 18.4 Å². The van der Waals surface area contributed by atoms with Crippen molar-refractivity contribution >= 4 is 11.3 Å². The molecule has 0 spiro atoms. The molecule has 0 aliphatic carbocycles. The van der Waals surface area contributed by atoms with E-state index in [1.165, 1.54) is 10.4 Å². The largest absolute Gasteiger partial charge is 0.496 e. The van der Waals surface area contributed by atoms with Crippen LogP contribution in [0.25, 0.3) is 0 Å². The van der Waals surface area contributed by atoms with Crippen molar-refractivity contribution in [2.24, 2.45) is 5.73 Å². The van der Waals surface area contributed by atoms with Crippen LogP contribution in [0.15, 0.2) is 29.6 Å². The standard InChI is InChI=1S/C14H17NOS/c1-9-4-5-11(8-13(9)16-3)14(15)12-6-7-17-10(12)2/h4-8,14H,15H2,1-3H3. The molecule has 17 heavy (non-hydrogen) atoms. The van der Waals surface area contributed by atoms with Gasteiger partial charge < -0.3 is 10.5 Å². The van der Waals surface area contributed by atoms with Crippen molar-refractivity contribution in [3.63, 3.8) is 0 Å². The van der Waals surface area contributed by atoms with Crippen LogP contribution in [-0.2, 0) is 0 Å². The van der Waals surface area contributed by atoms with E-state index in [0.717, 1.165) is 16.9 Å². The Morgan fingerprint density at radius 2 is 2.00 bits per heavy atom. The number of hydrogen-bond donors (Lipinski definition) is 1. The van der Waals surface area contributed by atoms with Gasteiger partial charge in [-0.3, -0.25) is 0 Å². The first-order valence-corrected chi connectivity index (χ1v) is 6.45. The van der Waals surface area contributed by atoms with E-state index in [0.29, 0.717) is 0 Å². The zero-order valence-electron chi connectivity index (χ0n) is 10.4. The van der Waals surface area contributed by atoms with Crippen molar-refractivity contribution in [2.75, 3.05) is 7.11 Å². The molecule has 2 nitrogen and oxygen atoms in total. The van der Waals surface area contributed by atoms with Crippen LogP contribution < -0.4 is 10.5 Å². The summed E-state index contributed by atoms with van der Waals surface area (Å²) in [5, 5.41) is 2.08. The molecule has 90 valence electrons. The lowest BCUT2D eigenvalue weighted by atomic mass is 9.99. The van der Waals surface area contributed by atoms with E-state index in [-0.39, 0.29) is 6.04 Å². The Morgan fingerprint density at radius 3 is 2.59 bits per heavy atom. The molecule has 3 heteroatoms. The maximum Gasteiger partial charge on any atom is 0.122 e. The average molecular weight is 247 g/mol. The first-order valence-electron chi connectivity index (χ1n) is 5.57. The number of rotatable bonds is 3. The van der Waals surface area contributed by atoms with Crippen molar-refractivity contribution in [3.8, 4) is 5.75 Å². The van der Waals surface area contributed by atoms with E-state index in [4.69, 9.17) is 10.5 Å². The van der Waals surface area contributed by atoms with Crippen LogP contribution in [0.4, 0.5) is 0 Å². The summed E-state index contributed by atoms with van der Waals surface area (Å²) in [5.74, 6) is 0.894. The molecule has 1 unspecified atom stereocenters. The van der Waals surface area contributed by atoms with Crippen LogP contribution in [0.3, 0.4) is 0 Å². The first-order chi connectivity index (χ1) is 8.13. The fourth-order valence-corrected chi connectivity index (χ4v) is 2.68. The fraction of sp³-hybridized carbons (Fsp3) is 0.286. The van der Waals surface area contributed by atoms with Gasteiger partial charge >= 0.3 is 0 Å². The van der Waals surface area contributed by atoms with E-state index < -0.39 is 0 Å². The minimum absolute atomic E-state index is 0.0734. The normalized spacial score (nSPS) is 12.5. The van der Waals surface area contributed by atoms with Gasteiger partial charge in [0.05, 0.1) is 13.2 Å². The van der Waals surface area contributed by atoms with Crippen molar-refractivity contribution in [1.29, 1.82) is 0 Å². The second-order valence-electron chi connectivity index (χ2n) is 4.14. The van der Waals surface area contributed by atoms with Crippen molar-refractivity contribution in [2.45, 2.75) is 19.9 Å². The molecule has 0 bridgehead atoms. The second-order valence-corrected chi connectivity index (χ2v) is 5.26. The molecule has 2 aromatic rings. The third-order valence-electron chi connectivity index (χ3n) is 3.03. The lowest BCUT2D eigenvalue weighted by Gasteiger charge is -2.14. The van der Waals surface area contributed by atoms with Crippen molar-refractivity contribution in [1.82, 2.24) is 0 Å². The van der Waals surface area contributed by atoms with Crippen LogP contribution in [0.5, 0.6) is 5.75 Å². The molecule has 0 saturated carbocycles. The second kappa shape index (κ2) is 4.90. The third-order valence-corrected chi connectivity index (χ3v) is 3.89. The van der Waals surface area contributed by atoms with E-state index in [2.05, 4.69) is 30.5 Å². The lowest BCUT2D eigenvalue weighted by molar-refractivity contribution is 0.411. The van der Waals surface area contributed by atoms with Crippen LogP contribution in [0.2, 0.25) is 0 Å². The summed E-state index contributed by atoms with van der Waals surface area (Å²) in [6.45, 7) is 4.13. The Balaban J connectivity index is 2.38. The first kappa shape index (κ1) is 12.1. The third kappa shape index (κ3) is 2.35. The zero-order valence-corrected chi connectivity index (χ0v) is 11.2. The number of methoxy groups -OCH3 is 1. The fourth-order valence-electron chi connectivity index (χ4n) is 1.93. The summed E-state index contributed by atoms with van der Waals surface area (Å²) in [7, 11) is 1.69. The summed E-state index contributed by atoms with van der Waals surface area (Å²) in [4.78, 5) is 1.28. The summed E-state index contributed by atoms with van der Waals surface area (Å²) in [5.41, 5.74) is 9.70. The zero-order chi connectivity index (χ0) is 12.4. The molecular formula is C14H17NOS. The number of nitrogens with two attached hydrogens (primary N) is 1. The molecule has 1 heterocycles. The number of ether oxygens (including phenoxy) is 1. The van der Waals surface area contributed by atoms with Gasteiger partial charge in [0.2, 0.25) is 0 Å². The van der Waals surface area contributed by atoms with Gasteiger partial charge in [-0.2, -0.15) is 0 Å². The number of thiophene rings is 1.